The second kappa shape index (κ2) is 9.18. The van der Waals surface area contributed by atoms with Crippen LogP contribution in [0.4, 0.5) is 26.1 Å². The van der Waals surface area contributed by atoms with E-state index in [1.165, 1.54) is 0 Å². The van der Waals surface area contributed by atoms with Crippen molar-refractivity contribution in [1.82, 2.24) is 29.6 Å². The van der Waals surface area contributed by atoms with E-state index < -0.39 is 5.92 Å². The first-order valence-electron chi connectivity index (χ1n) is 11.7. The van der Waals surface area contributed by atoms with E-state index in [1.54, 1.807) is 24.7 Å². The number of alkyl halides is 2. The minimum Gasteiger partial charge on any atom is -0.398 e. The predicted molar refractivity (Wildman–Crippen MR) is 133 cm³/mol. The Morgan fingerprint density at radius 1 is 1.03 bits per heavy atom. The molecule has 0 radical (unpaired) electrons. The van der Waals surface area contributed by atoms with Crippen molar-refractivity contribution in [2.75, 3.05) is 24.1 Å². The molecule has 3 N–H and O–H groups in total. The van der Waals surface area contributed by atoms with Crippen molar-refractivity contribution in [2.45, 2.75) is 45.2 Å². The molecule has 10 heteroatoms. The molecule has 35 heavy (non-hydrogen) atoms. The van der Waals surface area contributed by atoms with Crippen LogP contribution in [0, 0.1) is 0 Å². The van der Waals surface area contributed by atoms with Crippen LogP contribution < -0.4 is 11.1 Å². The number of nitrogens with two attached hydrogens (primary N) is 1. The average Bonchev–Trinajstić information content (AvgIpc) is 3.25. The minimum atomic E-state index is -2.54. The Morgan fingerprint density at radius 2 is 1.83 bits per heavy atom. The highest BCUT2D eigenvalue weighted by molar-refractivity contribution is 5.79. The third-order valence-electron chi connectivity index (χ3n) is 6.22. The zero-order valence-corrected chi connectivity index (χ0v) is 19.7. The molecule has 0 spiro atoms. The van der Waals surface area contributed by atoms with Gasteiger partial charge in [-0.05, 0) is 37.6 Å². The van der Waals surface area contributed by atoms with Gasteiger partial charge in [0.05, 0.1) is 11.9 Å². The normalized spacial score (nSPS) is 16.1. The summed E-state index contributed by atoms with van der Waals surface area (Å²) in [4.78, 5) is 15.7. The molecule has 0 bridgehead atoms. The molecule has 8 nitrogen and oxygen atoms in total. The number of aromatic nitrogens is 5. The van der Waals surface area contributed by atoms with Crippen molar-refractivity contribution in [3.63, 3.8) is 0 Å². The molecule has 0 atom stereocenters. The van der Waals surface area contributed by atoms with E-state index in [4.69, 9.17) is 5.73 Å². The molecule has 4 aromatic rings. The summed E-state index contributed by atoms with van der Waals surface area (Å²) in [5.74, 6) is -1.31. The van der Waals surface area contributed by atoms with E-state index in [0.29, 0.717) is 42.7 Å². The van der Waals surface area contributed by atoms with Gasteiger partial charge in [-0.1, -0.05) is 6.07 Å². The standard InChI is InChI=1S/C25H28F2N8/c1-16(2)35-24-18(13-31-35)4-6-22(33-24)32-23-11-20(28)19(14-30-23)21-5-3-17(12-29-21)15-34-9-7-25(26,27)8-10-34/h3-6,11-14,16H,7-10,15H2,1-2H3,(H3,28,30,32,33). The molecular weight excluding hydrogens is 450 g/mol. The number of hydrogen-bond acceptors (Lipinski definition) is 7. The molecule has 5 rings (SSSR count). The van der Waals surface area contributed by atoms with E-state index in [9.17, 15) is 8.78 Å². The number of nitrogens with one attached hydrogen (secondary N) is 1. The van der Waals surface area contributed by atoms with Gasteiger partial charge in [-0.2, -0.15) is 5.10 Å². The zero-order chi connectivity index (χ0) is 24.6. The van der Waals surface area contributed by atoms with E-state index >= 15 is 0 Å². The number of nitrogen functional groups attached to an aromatic ring is 1. The Balaban J connectivity index is 1.28. The van der Waals surface area contributed by atoms with Crippen molar-refractivity contribution >= 4 is 28.4 Å². The quantitative estimate of drug-likeness (QED) is 0.401. The number of hydrogen-bond donors (Lipinski definition) is 2. The van der Waals surface area contributed by atoms with Crippen LogP contribution in [0.25, 0.3) is 22.3 Å². The topological polar surface area (TPSA) is 97.8 Å². The number of rotatable bonds is 6. The molecule has 0 amide bonds. The second-order valence-corrected chi connectivity index (χ2v) is 9.26. The zero-order valence-electron chi connectivity index (χ0n) is 19.7. The summed E-state index contributed by atoms with van der Waals surface area (Å²) in [5.41, 5.74) is 10.1. The molecule has 0 saturated carbocycles. The van der Waals surface area contributed by atoms with Gasteiger partial charge in [-0.3, -0.25) is 9.88 Å². The molecule has 4 aromatic heterocycles. The van der Waals surface area contributed by atoms with E-state index in [1.807, 2.05) is 33.8 Å². The van der Waals surface area contributed by atoms with Gasteiger partial charge in [0.25, 0.3) is 5.92 Å². The Bertz CT molecular complexity index is 1320. The fourth-order valence-electron chi connectivity index (χ4n) is 4.23. The lowest BCUT2D eigenvalue weighted by Gasteiger charge is -2.31. The average molecular weight is 479 g/mol. The lowest BCUT2D eigenvalue weighted by atomic mass is 10.1. The van der Waals surface area contributed by atoms with Gasteiger partial charge in [0.15, 0.2) is 5.65 Å². The number of likely N-dealkylation sites (tertiary alicyclic amines) is 1. The highest BCUT2D eigenvalue weighted by Gasteiger charge is 2.33. The number of fused-ring (bicyclic) bond motifs is 1. The maximum absolute atomic E-state index is 13.4. The lowest BCUT2D eigenvalue weighted by Crippen LogP contribution is -2.38. The van der Waals surface area contributed by atoms with Gasteiger partial charge in [-0.15, -0.1) is 0 Å². The summed E-state index contributed by atoms with van der Waals surface area (Å²) < 4.78 is 28.6. The number of halogens is 2. The first-order chi connectivity index (χ1) is 16.8. The van der Waals surface area contributed by atoms with Gasteiger partial charge < -0.3 is 11.1 Å². The second-order valence-electron chi connectivity index (χ2n) is 9.26. The van der Waals surface area contributed by atoms with Crippen LogP contribution in [-0.2, 0) is 6.54 Å². The Hall–Kier alpha value is -3.66. The van der Waals surface area contributed by atoms with Crippen LogP contribution in [0.3, 0.4) is 0 Å². The van der Waals surface area contributed by atoms with Gasteiger partial charge in [0.1, 0.15) is 11.6 Å². The maximum atomic E-state index is 13.4. The molecule has 1 fully saturated rings. The smallest absolute Gasteiger partial charge is 0.250 e. The molecule has 1 aliphatic rings. The fraction of sp³-hybridized carbons (Fsp3) is 0.360. The molecule has 0 aromatic carbocycles. The summed E-state index contributed by atoms with van der Waals surface area (Å²) >= 11 is 0. The van der Waals surface area contributed by atoms with Crippen molar-refractivity contribution < 1.29 is 8.78 Å². The van der Waals surface area contributed by atoms with Crippen LogP contribution in [0.2, 0.25) is 0 Å². The van der Waals surface area contributed by atoms with Crippen molar-refractivity contribution in [1.29, 1.82) is 0 Å². The number of pyridine rings is 3. The minimum absolute atomic E-state index is 0.0914. The summed E-state index contributed by atoms with van der Waals surface area (Å²) in [6.45, 7) is 5.51. The lowest BCUT2D eigenvalue weighted by molar-refractivity contribution is -0.0566. The summed E-state index contributed by atoms with van der Waals surface area (Å²) in [7, 11) is 0. The number of nitrogens with zero attached hydrogens (tertiary/aromatic N) is 6. The van der Waals surface area contributed by atoms with E-state index in [0.717, 1.165) is 22.2 Å². The molecule has 0 aliphatic carbocycles. The SMILES string of the molecule is CC(C)n1ncc2ccc(Nc3cc(N)c(-c4ccc(CN5CCC(F)(F)CC5)cn4)cn3)nc21. The molecule has 0 unspecified atom stereocenters. The van der Waals surface area contributed by atoms with Crippen LogP contribution in [0.15, 0.2) is 48.9 Å². The third-order valence-corrected chi connectivity index (χ3v) is 6.22. The van der Waals surface area contributed by atoms with Crippen molar-refractivity contribution in [3.05, 3.63) is 54.5 Å². The van der Waals surface area contributed by atoms with Crippen LogP contribution >= 0.6 is 0 Å². The summed E-state index contributed by atoms with van der Waals surface area (Å²) in [5, 5.41) is 8.58. The van der Waals surface area contributed by atoms with Gasteiger partial charge in [-0.25, -0.2) is 23.4 Å². The summed E-state index contributed by atoms with van der Waals surface area (Å²) in [6, 6.07) is 9.64. The van der Waals surface area contributed by atoms with Crippen LogP contribution in [0.1, 0.15) is 38.3 Å². The maximum Gasteiger partial charge on any atom is 0.250 e. The molecule has 1 saturated heterocycles. The highest BCUT2D eigenvalue weighted by atomic mass is 19.3. The fourth-order valence-corrected chi connectivity index (χ4v) is 4.23. The summed E-state index contributed by atoms with van der Waals surface area (Å²) in [6.07, 6.45) is 5.08. The predicted octanol–water partition coefficient (Wildman–Crippen LogP) is 5.03. The molecular formula is C25H28F2N8. The van der Waals surface area contributed by atoms with Crippen LogP contribution in [0.5, 0.6) is 0 Å². The van der Waals surface area contributed by atoms with Gasteiger partial charge in [0, 0.05) is 73.6 Å². The van der Waals surface area contributed by atoms with Gasteiger partial charge >= 0.3 is 0 Å². The van der Waals surface area contributed by atoms with E-state index in [-0.39, 0.29) is 18.9 Å². The first kappa shape index (κ1) is 23.1. The number of piperidine rings is 1. The molecule has 5 heterocycles. The van der Waals surface area contributed by atoms with E-state index in [2.05, 4.69) is 39.2 Å². The Morgan fingerprint density at radius 3 is 2.51 bits per heavy atom. The largest absolute Gasteiger partial charge is 0.398 e. The Labute approximate surface area is 202 Å². The molecule has 1 aliphatic heterocycles. The first-order valence-corrected chi connectivity index (χ1v) is 11.7. The monoisotopic (exact) mass is 478 g/mol. The third kappa shape index (κ3) is 5.07. The Kier molecular flexibility index (Phi) is 6.06. The number of anilines is 3. The molecule has 182 valence electrons. The van der Waals surface area contributed by atoms with Crippen molar-refractivity contribution in [2.24, 2.45) is 0 Å². The van der Waals surface area contributed by atoms with Gasteiger partial charge in [0.2, 0.25) is 0 Å². The van der Waals surface area contributed by atoms with Crippen molar-refractivity contribution in [3.8, 4) is 11.3 Å². The highest BCUT2D eigenvalue weighted by Crippen LogP contribution is 2.30. The van der Waals surface area contributed by atoms with Crippen LogP contribution in [-0.4, -0.2) is 48.6 Å².